The summed E-state index contributed by atoms with van der Waals surface area (Å²) in [6.07, 6.45) is 1.54. The second-order valence-electron chi connectivity index (χ2n) is 10.7. The Hall–Kier alpha value is -3.95. The minimum Gasteiger partial charge on any atom is -0.505 e. The van der Waals surface area contributed by atoms with Gasteiger partial charge >= 0.3 is 7.12 Å². The molecule has 204 valence electrons. The minimum absolute atomic E-state index is 0.236. The fourth-order valence-corrected chi connectivity index (χ4v) is 6.52. The van der Waals surface area contributed by atoms with Crippen LogP contribution in [0.25, 0.3) is 0 Å². The van der Waals surface area contributed by atoms with Crippen LogP contribution in [0.5, 0.6) is 5.75 Å². The summed E-state index contributed by atoms with van der Waals surface area (Å²) in [6, 6.07) is 20.9. The van der Waals surface area contributed by atoms with Crippen LogP contribution in [0.3, 0.4) is 0 Å². The van der Waals surface area contributed by atoms with Gasteiger partial charge in [-0.2, -0.15) is 0 Å². The number of amides is 2. The van der Waals surface area contributed by atoms with Gasteiger partial charge in [-0.05, 0) is 84.7 Å². The minimum atomic E-state index is -1.26. The molecule has 3 N–H and O–H groups in total. The smallest absolute Gasteiger partial charge is 0.487 e. The highest BCUT2D eigenvalue weighted by molar-refractivity contribution is 6.53. The second-order valence-corrected chi connectivity index (χ2v) is 10.7. The van der Waals surface area contributed by atoms with Crippen LogP contribution in [0, 0.1) is 23.6 Å². The van der Waals surface area contributed by atoms with Gasteiger partial charge in [0, 0.05) is 11.4 Å². The van der Waals surface area contributed by atoms with E-state index in [1.165, 1.54) is 17.0 Å². The molecule has 4 atom stereocenters. The first kappa shape index (κ1) is 26.3. The third-order valence-corrected chi connectivity index (χ3v) is 8.29. The Morgan fingerprint density at radius 1 is 1.00 bits per heavy atom. The number of carbonyl (C=O) groups excluding carboxylic acids is 2. The van der Waals surface area contributed by atoms with Crippen LogP contribution in [0.2, 0.25) is 0 Å². The van der Waals surface area contributed by atoms with Gasteiger partial charge in [0.05, 0.1) is 23.6 Å². The standard InChI is InChI=1S/C31H30BFN2O5/c1-2-6-19-15-24-28(23-17-27(40-32(39)29(19)23)18-9-14-26(36)25(33)16-18)31(38)35(30(24)37)22-12-10-21(11-13-22)34-20-7-4-3-5-8-20/h3-5,7-14,16,23-24,27-28,34,36,39H,2,6,15,17H2,1H3/t23-,24-,27-,28+/m0/s1. The molecular weight excluding hydrogens is 510 g/mol. The second kappa shape index (κ2) is 10.6. The summed E-state index contributed by atoms with van der Waals surface area (Å²) in [5, 5.41) is 24.1. The van der Waals surface area contributed by atoms with E-state index in [1.54, 1.807) is 18.2 Å². The number of fused-ring (bicyclic) bond motifs is 3. The highest BCUT2D eigenvalue weighted by atomic mass is 19.1. The number of imide groups is 1. The third kappa shape index (κ3) is 4.59. The van der Waals surface area contributed by atoms with E-state index in [-0.39, 0.29) is 11.8 Å². The molecule has 6 rings (SSSR count). The molecule has 3 aromatic carbocycles. The van der Waals surface area contributed by atoms with Crippen molar-refractivity contribution in [1.82, 2.24) is 0 Å². The monoisotopic (exact) mass is 540 g/mol. The molecule has 2 saturated heterocycles. The Morgan fingerprint density at radius 3 is 2.42 bits per heavy atom. The number of benzene rings is 3. The molecule has 0 saturated carbocycles. The third-order valence-electron chi connectivity index (χ3n) is 8.29. The van der Waals surface area contributed by atoms with Crippen molar-refractivity contribution >= 4 is 36.0 Å². The van der Waals surface area contributed by atoms with Crippen molar-refractivity contribution in [3.8, 4) is 5.75 Å². The predicted molar refractivity (Wildman–Crippen MR) is 150 cm³/mol. The van der Waals surface area contributed by atoms with Gasteiger partial charge in [0.1, 0.15) is 0 Å². The van der Waals surface area contributed by atoms with E-state index in [9.17, 15) is 24.1 Å². The number of nitrogens with one attached hydrogen (secondary N) is 1. The van der Waals surface area contributed by atoms with Crippen LogP contribution in [-0.4, -0.2) is 29.1 Å². The first-order valence-electron chi connectivity index (χ1n) is 13.7. The van der Waals surface area contributed by atoms with E-state index in [0.29, 0.717) is 36.0 Å². The Kier molecular flexibility index (Phi) is 6.94. The lowest BCUT2D eigenvalue weighted by molar-refractivity contribution is -0.123. The summed E-state index contributed by atoms with van der Waals surface area (Å²) in [5.41, 5.74) is 4.37. The molecule has 9 heteroatoms. The Morgan fingerprint density at radius 2 is 1.73 bits per heavy atom. The number of phenolic OH excluding ortho intramolecular Hbond substituents is 1. The van der Waals surface area contributed by atoms with Crippen LogP contribution >= 0.6 is 0 Å². The van der Waals surface area contributed by atoms with Crippen molar-refractivity contribution in [2.24, 2.45) is 17.8 Å². The molecule has 0 radical (unpaired) electrons. The summed E-state index contributed by atoms with van der Waals surface area (Å²) < 4.78 is 20.1. The molecule has 3 aliphatic rings. The predicted octanol–water partition coefficient (Wildman–Crippen LogP) is 5.68. The Balaban J connectivity index is 1.30. The number of allylic oxidation sites excluding steroid dienone is 2. The summed E-state index contributed by atoms with van der Waals surface area (Å²) in [4.78, 5) is 29.0. The van der Waals surface area contributed by atoms with Gasteiger partial charge in [0.15, 0.2) is 11.6 Å². The van der Waals surface area contributed by atoms with E-state index in [4.69, 9.17) is 4.65 Å². The maximum Gasteiger partial charge on any atom is 0.487 e. The molecule has 3 aromatic rings. The number of carbonyl (C=O) groups is 2. The average molecular weight is 540 g/mol. The molecule has 0 bridgehead atoms. The van der Waals surface area contributed by atoms with E-state index < -0.39 is 42.5 Å². The first-order chi connectivity index (χ1) is 19.4. The van der Waals surface area contributed by atoms with Crippen molar-refractivity contribution in [1.29, 1.82) is 0 Å². The van der Waals surface area contributed by atoms with Crippen molar-refractivity contribution in [3.63, 3.8) is 0 Å². The zero-order chi connectivity index (χ0) is 28.0. The highest BCUT2D eigenvalue weighted by Crippen LogP contribution is 2.52. The van der Waals surface area contributed by atoms with Crippen molar-refractivity contribution in [2.75, 3.05) is 10.2 Å². The fourth-order valence-electron chi connectivity index (χ4n) is 6.52. The lowest BCUT2D eigenvalue weighted by Gasteiger charge is -2.42. The van der Waals surface area contributed by atoms with Crippen LogP contribution < -0.4 is 10.2 Å². The SMILES string of the molecule is CCCC1=C2B(O)O[C@H](c3ccc(O)c(F)c3)C[C@H]2[C@H]2C(=O)N(c3ccc(Nc4ccccc4)cc3)C(=O)[C@H]2C1. The molecule has 40 heavy (non-hydrogen) atoms. The van der Waals surface area contributed by atoms with Gasteiger partial charge < -0.3 is 20.1 Å². The van der Waals surface area contributed by atoms with E-state index in [0.717, 1.165) is 23.4 Å². The highest BCUT2D eigenvalue weighted by Gasteiger charge is 2.58. The van der Waals surface area contributed by atoms with E-state index in [2.05, 4.69) is 5.32 Å². The van der Waals surface area contributed by atoms with E-state index in [1.807, 2.05) is 49.4 Å². The van der Waals surface area contributed by atoms with Crippen LogP contribution in [0.1, 0.15) is 44.3 Å². The van der Waals surface area contributed by atoms with Crippen molar-refractivity contribution in [2.45, 2.75) is 38.7 Å². The largest absolute Gasteiger partial charge is 0.505 e. The van der Waals surface area contributed by atoms with Gasteiger partial charge in [-0.15, -0.1) is 0 Å². The number of halogens is 1. The summed E-state index contributed by atoms with van der Waals surface area (Å²) >= 11 is 0. The Labute approximate surface area is 232 Å². The van der Waals surface area contributed by atoms with Crippen LogP contribution in [0.15, 0.2) is 83.8 Å². The van der Waals surface area contributed by atoms with Crippen LogP contribution in [-0.2, 0) is 14.2 Å². The van der Waals surface area contributed by atoms with Crippen molar-refractivity contribution < 1.29 is 28.8 Å². The molecule has 2 fully saturated rings. The lowest BCUT2D eigenvalue weighted by Crippen LogP contribution is -2.45. The number of nitrogens with zero attached hydrogens (tertiary/aromatic N) is 1. The molecular formula is C31H30BFN2O5. The fraction of sp³-hybridized carbons (Fsp3) is 0.290. The van der Waals surface area contributed by atoms with Crippen molar-refractivity contribution in [3.05, 3.63) is 95.2 Å². The van der Waals surface area contributed by atoms with Gasteiger partial charge in [-0.3, -0.25) is 14.5 Å². The number of anilines is 3. The zero-order valence-corrected chi connectivity index (χ0v) is 22.1. The first-order valence-corrected chi connectivity index (χ1v) is 13.7. The van der Waals surface area contributed by atoms with Gasteiger partial charge in [0.25, 0.3) is 0 Å². The molecule has 2 aliphatic heterocycles. The quantitative estimate of drug-likeness (QED) is 0.275. The average Bonchev–Trinajstić information content (AvgIpc) is 3.20. The van der Waals surface area contributed by atoms with E-state index >= 15 is 0 Å². The molecule has 0 spiro atoms. The molecule has 1 aliphatic carbocycles. The molecule has 0 aromatic heterocycles. The summed E-state index contributed by atoms with van der Waals surface area (Å²) in [6.45, 7) is 2.03. The maximum atomic E-state index is 14.2. The number of para-hydroxylation sites is 1. The normalized spacial score (nSPS) is 24.3. The summed E-state index contributed by atoms with van der Waals surface area (Å²) in [5.74, 6) is -3.39. The Bertz CT molecular complexity index is 1480. The number of hydrogen-bond donors (Lipinski definition) is 3. The van der Waals surface area contributed by atoms with Gasteiger partial charge in [-0.25, -0.2) is 4.39 Å². The zero-order valence-electron chi connectivity index (χ0n) is 22.1. The summed E-state index contributed by atoms with van der Waals surface area (Å²) in [7, 11) is -1.26. The number of phenols is 1. The molecule has 2 heterocycles. The number of aromatic hydroxyl groups is 1. The lowest BCUT2D eigenvalue weighted by atomic mass is 9.54. The maximum absolute atomic E-state index is 14.2. The molecule has 0 unspecified atom stereocenters. The van der Waals surface area contributed by atoms with Gasteiger partial charge in [-0.1, -0.05) is 43.2 Å². The van der Waals surface area contributed by atoms with Gasteiger partial charge in [0.2, 0.25) is 11.8 Å². The molecule has 7 nitrogen and oxygen atoms in total. The van der Waals surface area contributed by atoms with Crippen LogP contribution in [0.4, 0.5) is 21.5 Å². The number of rotatable bonds is 6. The number of hydrogen-bond acceptors (Lipinski definition) is 6. The molecule has 2 amide bonds. The topological polar surface area (TPSA) is 99.1 Å².